The van der Waals surface area contributed by atoms with Gasteiger partial charge in [0.2, 0.25) is 6.67 Å². The molecule has 0 aliphatic rings. The quantitative estimate of drug-likeness (QED) is 0.667. The highest BCUT2D eigenvalue weighted by Gasteiger charge is 2.02. The Balaban J connectivity index is 2.11. The lowest BCUT2D eigenvalue weighted by atomic mass is 10.4. The minimum atomic E-state index is 0.688. The van der Waals surface area contributed by atoms with E-state index < -0.39 is 0 Å². The van der Waals surface area contributed by atoms with Crippen LogP contribution in [0.2, 0.25) is 0 Å². The average Bonchev–Trinajstić information content (AvgIpc) is 2.71. The predicted octanol–water partition coefficient (Wildman–Crippen LogP) is 0.137. The highest BCUT2D eigenvalue weighted by Crippen LogP contribution is 2.05. The average molecular weight is 204 g/mol. The first-order valence-corrected chi connectivity index (χ1v) is 4.74. The van der Waals surface area contributed by atoms with Crippen molar-refractivity contribution in [3.63, 3.8) is 0 Å². The molecule has 0 bridgehead atoms. The van der Waals surface area contributed by atoms with Crippen LogP contribution in [0.4, 0.5) is 5.69 Å². The van der Waals surface area contributed by atoms with Crippen molar-refractivity contribution < 1.29 is 4.57 Å². The molecule has 2 heterocycles. The summed E-state index contributed by atoms with van der Waals surface area (Å²) < 4.78 is 3.82. The maximum Gasteiger partial charge on any atom is 0.243 e. The molecule has 0 spiro atoms. The van der Waals surface area contributed by atoms with Crippen molar-refractivity contribution in [2.75, 3.05) is 19.0 Å². The van der Waals surface area contributed by atoms with Crippen molar-refractivity contribution in [1.82, 2.24) is 14.8 Å². The standard InChI is InChI=1S/C10H14N5/c1-13(2)10-3-5-14(6-4-10)9-15-8-11-7-12-15/h3-8H,9H2,1-2H3/q+1. The first kappa shape index (κ1) is 9.64. The molecule has 15 heavy (non-hydrogen) atoms. The summed E-state index contributed by atoms with van der Waals surface area (Å²) in [6, 6.07) is 4.13. The second-order valence-corrected chi connectivity index (χ2v) is 3.54. The highest BCUT2D eigenvalue weighted by atomic mass is 15.4. The van der Waals surface area contributed by atoms with Crippen LogP contribution >= 0.6 is 0 Å². The van der Waals surface area contributed by atoms with Crippen molar-refractivity contribution in [1.29, 1.82) is 0 Å². The van der Waals surface area contributed by atoms with E-state index in [2.05, 4.69) is 27.1 Å². The van der Waals surface area contributed by atoms with E-state index in [1.807, 2.05) is 31.1 Å². The van der Waals surface area contributed by atoms with Gasteiger partial charge in [-0.25, -0.2) is 4.98 Å². The number of rotatable bonds is 3. The molecule has 0 unspecified atom stereocenters. The van der Waals surface area contributed by atoms with Crippen LogP contribution in [0.1, 0.15) is 0 Å². The number of hydrogen-bond acceptors (Lipinski definition) is 3. The van der Waals surface area contributed by atoms with Crippen molar-refractivity contribution in [3.05, 3.63) is 37.2 Å². The molecule has 0 N–H and O–H groups in total. The topological polar surface area (TPSA) is 37.8 Å². The minimum absolute atomic E-state index is 0.688. The van der Waals surface area contributed by atoms with Gasteiger partial charge in [0, 0.05) is 31.9 Å². The molecule has 5 heteroatoms. The van der Waals surface area contributed by atoms with Crippen molar-refractivity contribution in [2.45, 2.75) is 6.67 Å². The Hall–Kier alpha value is -1.91. The van der Waals surface area contributed by atoms with Gasteiger partial charge in [-0.05, 0) is 0 Å². The van der Waals surface area contributed by atoms with E-state index in [-0.39, 0.29) is 0 Å². The lowest BCUT2D eigenvalue weighted by molar-refractivity contribution is -0.702. The lowest BCUT2D eigenvalue weighted by Crippen LogP contribution is -2.36. The largest absolute Gasteiger partial charge is 0.377 e. The van der Waals surface area contributed by atoms with Gasteiger partial charge in [-0.3, -0.25) is 0 Å². The molecular weight excluding hydrogens is 190 g/mol. The van der Waals surface area contributed by atoms with Crippen LogP contribution in [0, 0.1) is 0 Å². The molecule has 0 saturated heterocycles. The van der Waals surface area contributed by atoms with Gasteiger partial charge >= 0.3 is 0 Å². The highest BCUT2D eigenvalue weighted by molar-refractivity contribution is 5.41. The Morgan fingerprint density at radius 2 is 2.07 bits per heavy atom. The van der Waals surface area contributed by atoms with Crippen LogP contribution in [-0.4, -0.2) is 28.9 Å². The molecule has 0 aliphatic carbocycles. The summed E-state index contributed by atoms with van der Waals surface area (Å²) in [6.45, 7) is 0.688. The maximum absolute atomic E-state index is 4.04. The van der Waals surface area contributed by atoms with Crippen LogP contribution in [0.3, 0.4) is 0 Å². The monoisotopic (exact) mass is 204 g/mol. The van der Waals surface area contributed by atoms with E-state index in [9.17, 15) is 0 Å². The Kier molecular flexibility index (Phi) is 2.62. The Morgan fingerprint density at radius 1 is 1.33 bits per heavy atom. The van der Waals surface area contributed by atoms with E-state index in [0.29, 0.717) is 6.67 Å². The lowest BCUT2D eigenvalue weighted by Gasteiger charge is -2.10. The summed E-state index contributed by atoms with van der Waals surface area (Å²) in [5.41, 5.74) is 1.19. The normalized spacial score (nSPS) is 10.3. The first-order chi connectivity index (χ1) is 7.25. The van der Waals surface area contributed by atoms with Crippen LogP contribution in [0.25, 0.3) is 0 Å². The van der Waals surface area contributed by atoms with Gasteiger partial charge in [0.1, 0.15) is 12.7 Å². The Labute approximate surface area is 88.6 Å². The van der Waals surface area contributed by atoms with Crippen molar-refractivity contribution >= 4 is 5.69 Å². The van der Waals surface area contributed by atoms with Crippen molar-refractivity contribution in [3.8, 4) is 0 Å². The molecule has 2 aromatic heterocycles. The third-order valence-electron chi connectivity index (χ3n) is 2.16. The SMILES string of the molecule is CN(C)c1cc[n+](Cn2cncn2)cc1. The number of aromatic nitrogens is 4. The molecular formula is C10H14N5+. The fraction of sp³-hybridized carbons (Fsp3) is 0.300. The Morgan fingerprint density at radius 3 is 2.60 bits per heavy atom. The number of anilines is 1. The van der Waals surface area contributed by atoms with Gasteiger partial charge in [-0.2, -0.15) is 14.3 Å². The first-order valence-electron chi connectivity index (χ1n) is 4.74. The van der Waals surface area contributed by atoms with Crippen LogP contribution in [-0.2, 0) is 6.67 Å². The van der Waals surface area contributed by atoms with E-state index in [1.165, 1.54) is 12.0 Å². The summed E-state index contributed by atoms with van der Waals surface area (Å²) >= 11 is 0. The zero-order valence-corrected chi connectivity index (χ0v) is 8.91. The molecule has 0 aromatic carbocycles. The molecule has 78 valence electrons. The summed E-state index contributed by atoms with van der Waals surface area (Å²) in [6.07, 6.45) is 7.29. The summed E-state index contributed by atoms with van der Waals surface area (Å²) in [5, 5.41) is 4.04. The van der Waals surface area contributed by atoms with Crippen LogP contribution in [0.5, 0.6) is 0 Å². The molecule has 0 aliphatic heterocycles. The number of hydrogen-bond donors (Lipinski definition) is 0. The molecule has 0 atom stereocenters. The molecule has 0 amide bonds. The zero-order valence-electron chi connectivity index (χ0n) is 8.91. The fourth-order valence-electron chi connectivity index (χ4n) is 1.31. The second-order valence-electron chi connectivity index (χ2n) is 3.54. The summed E-state index contributed by atoms with van der Waals surface area (Å²) in [4.78, 5) is 5.96. The fourth-order valence-corrected chi connectivity index (χ4v) is 1.31. The third-order valence-corrected chi connectivity index (χ3v) is 2.16. The maximum atomic E-state index is 4.04. The van der Waals surface area contributed by atoms with Crippen molar-refractivity contribution in [2.24, 2.45) is 0 Å². The third kappa shape index (κ3) is 2.31. The predicted molar refractivity (Wildman–Crippen MR) is 56.4 cm³/mol. The molecule has 2 aromatic rings. The molecule has 0 fully saturated rings. The summed E-state index contributed by atoms with van der Waals surface area (Å²) in [5.74, 6) is 0. The number of pyridine rings is 1. The Bertz CT molecular complexity index is 404. The van der Waals surface area contributed by atoms with E-state index >= 15 is 0 Å². The molecule has 5 nitrogen and oxygen atoms in total. The van der Waals surface area contributed by atoms with Crippen LogP contribution < -0.4 is 9.47 Å². The minimum Gasteiger partial charge on any atom is -0.377 e. The molecule has 2 rings (SSSR count). The van der Waals surface area contributed by atoms with E-state index in [4.69, 9.17) is 0 Å². The van der Waals surface area contributed by atoms with Gasteiger partial charge in [-0.15, -0.1) is 0 Å². The van der Waals surface area contributed by atoms with Crippen LogP contribution in [0.15, 0.2) is 37.2 Å². The second kappa shape index (κ2) is 4.08. The van der Waals surface area contributed by atoms with Gasteiger partial charge < -0.3 is 4.90 Å². The van der Waals surface area contributed by atoms with Gasteiger partial charge in [0.05, 0.1) is 0 Å². The van der Waals surface area contributed by atoms with E-state index in [1.54, 1.807) is 11.0 Å². The summed E-state index contributed by atoms with van der Waals surface area (Å²) in [7, 11) is 4.05. The smallest absolute Gasteiger partial charge is 0.243 e. The van der Waals surface area contributed by atoms with Gasteiger partial charge in [0.25, 0.3) is 0 Å². The van der Waals surface area contributed by atoms with Gasteiger partial charge in [0.15, 0.2) is 12.4 Å². The van der Waals surface area contributed by atoms with Gasteiger partial charge in [-0.1, -0.05) is 0 Å². The zero-order chi connectivity index (χ0) is 10.7. The molecule has 0 saturated carbocycles. The number of nitrogens with zero attached hydrogens (tertiary/aromatic N) is 5. The molecule has 0 radical (unpaired) electrons. The van der Waals surface area contributed by atoms with E-state index in [0.717, 1.165) is 0 Å².